The zero-order valence-electron chi connectivity index (χ0n) is 17.7. The quantitative estimate of drug-likeness (QED) is 0.617. The highest BCUT2D eigenvalue weighted by molar-refractivity contribution is 7.89. The van der Waals surface area contributed by atoms with Crippen LogP contribution in [0.4, 0.5) is 0 Å². The summed E-state index contributed by atoms with van der Waals surface area (Å²) in [5, 5.41) is 7.05. The Morgan fingerprint density at radius 3 is 2.80 bits per heavy atom. The van der Waals surface area contributed by atoms with E-state index >= 15 is 0 Å². The lowest BCUT2D eigenvalue weighted by molar-refractivity contribution is 0.129. The molecule has 0 bridgehead atoms. The number of nitrogens with one attached hydrogen (secondary N) is 1. The van der Waals surface area contributed by atoms with Gasteiger partial charge in [-0.1, -0.05) is 13.3 Å². The number of hydrogen-bond donors (Lipinski definition) is 1. The summed E-state index contributed by atoms with van der Waals surface area (Å²) >= 11 is 0. The molecule has 0 unspecified atom stereocenters. The van der Waals surface area contributed by atoms with Crippen molar-refractivity contribution in [3.8, 4) is 0 Å². The van der Waals surface area contributed by atoms with E-state index in [9.17, 15) is 8.42 Å². The van der Waals surface area contributed by atoms with E-state index in [1.54, 1.807) is 32.6 Å². The van der Waals surface area contributed by atoms with Gasteiger partial charge in [0, 0.05) is 20.6 Å². The second kappa shape index (κ2) is 8.44. The molecule has 0 radical (unpaired) electrons. The van der Waals surface area contributed by atoms with Gasteiger partial charge in [-0.15, -0.1) is 0 Å². The van der Waals surface area contributed by atoms with Crippen LogP contribution < -0.4 is 0 Å². The lowest BCUT2D eigenvalue weighted by Crippen LogP contribution is -2.34. The molecule has 4 rings (SSSR count). The van der Waals surface area contributed by atoms with Crippen LogP contribution in [0.25, 0.3) is 11.0 Å². The van der Waals surface area contributed by atoms with E-state index < -0.39 is 10.0 Å². The minimum absolute atomic E-state index is 0.195. The minimum atomic E-state index is -3.50. The van der Waals surface area contributed by atoms with Crippen molar-refractivity contribution in [1.29, 1.82) is 0 Å². The summed E-state index contributed by atoms with van der Waals surface area (Å²) in [5.74, 6) is 1.85. The van der Waals surface area contributed by atoms with Crippen molar-refractivity contribution >= 4 is 21.1 Å². The Morgan fingerprint density at radius 1 is 1.27 bits per heavy atom. The van der Waals surface area contributed by atoms with E-state index in [0.717, 1.165) is 55.0 Å². The van der Waals surface area contributed by atoms with Crippen molar-refractivity contribution in [2.75, 3.05) is 20.6 Å². The first-order chi connectivity index (χ1) is 14.4. The predicted molar refractivity (Wildman–Crippen MR) is 114 cm³/mol. The van der Waals surface area contributed by atoms with Gasteiger partial charge in [0.25, 0.3) is 0 Å². The third-order valence-electron chi connectivity index (χ3n) is 5.73. The number of piperidine rings is 1. The van der Waals surface area contributed by atoms with E-state index in [2.05, 4.69) is 31.6 Å². The van der Waals surface area contributed by atoms with Crippen LogP contribution in [0.15, 0.2) is 29.4 Å². The molecule has 1 aliphatic rings. The third-order valence-corrected chi connectivity index (χ3v) is 7.54. The maximum Gasteiger partial charge on any atom is 0.242 e. The molecule has 1 N–H and O–H groups in total. The van der Waals surface area contributed by atoms with Gasteiger partial charge in [-0.3, -0.25) is 10.00 Å². The van der Waals surface area contributed by atoms with Crippen molar-refractivity contribution in [1.82, 2.24) is 33.9 Å². The van der Waals surface area contributed by atoms with Crippen LogP contribution in [0.5, 0.6) is 0 Å². The minimum Gasteiger partial charge on any atom is -0.327 e. The van der Waals surface area contributed by atoms with E-state index in [1.165, 1.54) is 10.7 Å². The summed E-state index contributed by atoms with van der Waals surface area (Å²) < 4.78 is 28.5. The number of aromatic nitrogens is 5. The Balaban J connectivity index is 1.71. The lowest BCUT2D eigenvalue weighted by Gasteiger charge is -2.34. The van der Waals surface area contributed by atoms with Crippen LogP contribution in [0, 0.1) is 0 Å². The van der Waals surface area contributed by atoms with Crippen LogP contribution in [-0.4, -0.2) is 63.0 Å². The Morgan fingerprint density at radius 2 is 2.10 bits per heavy atom. The molecule has 10 heteroatoms. The molecule has 1 fully saturated rings. The van der Waals surface area contributed by atoms with Crippen LogP contribution in [0.3, 0.4) is 0 Å². The standard InChI is InChI=1S/C20H29N7O2S/c1-4-10-27-17-9-8-15(30(28,29)25(2)3)12-16(17)23-19(27)13-26-11-6-5-7-18(26)20-21-14-22-24-20/h8-9,12,14,18H,4-7,10-11,13H2,1-3H3,(H,21,22,24)/t18-/m1/s1. The van der Waals surface area contributed by atoms with Gasteiger partial charge < -0.3 is 4.57 Å². The van der Waals surface area contributed by atoms with E-state index in [1.807, 2.05) is 6.07 Å². The molecular formula is C20H29N7O2S. The van der Waals surface area contributed by atoms with Gasteiger partial charge in [-0.2, -0.15) is 5.10 Å². The number of nitrogens with zero attached hydrogens (tertiary/aromatic N) is 6. The van der Waals surface area contributed by atoms with Crippen LogP contribution in [0.1, 0.15) is 50.3 Å². The van der Waals surface area contributed by atoms with Gasteiger partial charge in [0.1, 0.15) is 18.0 Å². The average molecular weight is 432 g/mol. The predicted octanol–water partition coefficient (Wildman–Crippen LogP) is 2.54. The van der Waals surface area contributed by atoms with Crippen molar-refractivity contribution in [2.24, 2.45) is 0 Å². The molecule has 1 atom stereocenters. The van der Waals surface area contributed by atoms with Crippen LogP contribution in [0.2, 0.25) is 0 Å². The van der Waals surface area contributed by atoms with Crippen LogP contribution in [-0.2, 0) is 23.1 Å². The molecule has 1 saturated heterocycles. The molecule has 0 amide bonds. The molecular weight excluding hydrogens is 402 g/mol. The summed E-state index contributed by atoms with van der Waals surface area (Å²) in [6.07, 6.45) is 5.88. The lowest BCUT2D eigenvalue weighted by atomic mass is 10.0. The fourth-order valence-electron chi connectivity index (χ4n) is 4.17. The molecule has 2 aromatic heterocycles. The highest BCUT2D eigenvalue weighted by Gasteiger charge is 2.28. The molecule has 1 aliphatic heterocycles. The van der Waals surface area contributed by atoms with E-state index in [4.69, 9.17) is 4.98 Å². The van der Waals surface area contributed by atoms with Gasteiger partial charge >= 0.3 is 0 Å². The maximum absolute atomic E-state index is 12.6. The molecule has 9 nitrogen and oxygen atoms in total. The number of rotatable bonds is 7. The van der Waals surface area contributed by atoms with Gasteiger partial charge in [-0.25, -0.2) is 22.7 Å². The first-order valence-electron chi connectivity index (χ1n) is 10.4. The number of imidazole rings is 1. The van der Waals surface area contributed by atoms with Crippen molar-refractivity contribution < 1.29 is 8.42 Å². The SMILES string of the molecule is CCCn1c(CN2CCCC[C@@H]2c2ncn[nH]2)nc2cc(S(=O)(=O)N(C)C)ccc21. The molecule has 0 spiro atoms. The second-order valence-electron chi connectivity index (χ2n) is 7.97. The maximum atomic E-state index is 12.6. The number of H-pyrrole nitrogens is 1. The number of benzene rings is 1. The normalized spacial score (nSPS) is 18.5. The Labute approximate surface area is 177 Å². The first-order valence-corrected chi connectivity index (χ1v) is 11.9. The molecule has 1 aromatic carbocycles. The molecule has 0 saturated carbocycles. The molecule has 3 aromatic rings. The second-order valence-corrected chi connectivity index (χ2v) is 10.1. The molecule has 162 valence electrons. The van der Waals surface area contributed by atoms with E-state index in [0.29, 0.717) is 6.54 Å². The van der Waals surface area contributed by atoms with Crippen molar-refractivity contribution in [3.63, 3.8) is 0 Å². The molecule has 3 heterocycles. The monoisotopic (exact) mass is 431 g/mol. The number of sulfonamides is 1. The summed E-state index contributed by atoms with van der Waals surface area (Å²) in [4.78, 5) is 11.9. The van der Waals surface area contributed by atoms with Crippen molar-refractivity contribution in [2.45, 2.75) is 56.6 Å². The highest BCUT2D eigenvalue weighted by Crippen LogP contribution is 2.31. The third kappa shape index (κ3) is 3.86. The topological polar surface area (TPSA) is 100 Å². The number of fused-ring (bicyclic) bond motifs is 1. The largest absolute Gasteiger partial charge is 0.327 e. The number of likely N-dealkylation sites (tertiary alicyclic amines) is 1. The zero-order valence-corrected chi connectivity index (χ0v) is 18.6. The first kappa shape index (κ1) is 21.0. The van der Waals surface area contributed by atoms with Gasteiger partial charge in [0.05, 0.1) is 28.5 Å². The van der Waals surface area contributed by atoms with Crippen LogP contribution >= 0.6 is 0 Å². The van der Waals surface area contributed by atoms with Gasteiger partial charge in [0.15, 0.2) is 0 Å². The fourth-order valence-corrected chi connectivity index (χ4v) is 5.09. The summed E-state index contributed by atoms with van der Waals surface area (Å²) in [7, 11) is -0.411. The Kier molecular flexibility index (Phi) is 5.90. The number of aromatic amines is 1. The number of hydrogen-bond acceptors (Lipinski definition) is 6. The molecule has 30 heavy (non-hydrogen) atoms. The number of aryl methyl sites for hydroxylation is 1. The fraction of sp³-hybridized carbons (Fsp3) is 0.550. The van der Waals surface area contributed by atoms with Gasteiger partial charge in [0.2, 0.25) is 10.0 Å². The average Bonchev–Trinajstić information content (AvgIpc) is 3.37. The summed E-state index contributed by atoms with van der Waals surface area (Å²) in [5.41, 5.74) is 1.69. The Bertz CT molecular complexity index is 1110. The summed E-state index contributed by atoms with van der Waals surface area (Å²) in [6.45, 7) is 4.64. The summed E-state index contributed by atoms with van der Waals surface area (Å²) in [6, 6.07) is 5.43. The Hall–Kier alpha value is -2.30. The van der Waals surface area contributed by atoms with Crippen molar-refractivity contribution in [3.05, 3.63) is 36.2 Å². The van der Waals surface area contributed by atoms with Gasteiger partial charge in [-0.05, 0) is 44.0 Å². The molecule has 0 aliphatic carbocycles. The van der Waals surface area contributed by atoms with E-state index in [-0.39, 0.29) is 10.9 Å². The highest BCUT2D eigenvalue weighted by atomic mass is 32.2. The zero-order chi connectivity index (χ0) is 21.3. The smallest absolute Gasteiger partial charge is 0.242 e.